The van der Waals surface area contributed by atoms with Crippen LogP contribution in [0.4, 0.5) is 0 Å². The largest absolute Gasteiger partial charge is 0.465 e. The van der Waals surface area contributed by atoms with E-state index in [-0.39, 0.29) is 25.0 Å². The highest BCUT2D eigenvalue weighted by molar-refractivity contribution is 5.98. The maximum absolute atomic E-state index is 14.3. The van der Waals surface area contributed by atoms with Gasteiger partial charge in [-0.2, -0.15) is 0 Å². The fraction of sp³-hybridized carbons (Fsp3) is 0.767. The van der Waals surface area contributed by atoms with Crippen LogP contribution in [0.25, 0.3) is 0 Å². The van der Waals surface area contributed by atoms with Gasteiger partial charge in [0.25, 0.3) is 0 Å². The van der Waals surface area contributed by atoms with E-state index in [4.69, 9.17) is 14.6 Å². The van der Waals surface area contributed by atoms with E-state index in [1.807, 2.05) is 11.8 Å². The van der Waals surface area contributed by atoms with Gasteiger partial charge in [0.15, 0.2) is 0 Å². The van der Waals surface area contributed by atoms with E-state index in [0.717, 1.165) is 38.5 Å². The van der Waals surface area contributed by atoms with Crippen LogP contribution in [0.15, 0.2) is 25.3 Å². The Morgan fingerprint density at radius 3 is 2.55 bits per heavy atom. The number of amides is 2. The zero-order valence-corrected chi connectivity index (χ0v) is 23.5. The van der Waals surface area contributed by atoms with Gasteiger partial charge in [-0.15, -0.1) is 13.2 Å². The van der Waals surface area contributed by atoms with Crippen LogP contribution in [-0.4, -0.2) is 82.8 Å². The van der Waals surface area contributed by atoms with Gasteiger partial charge in [0.1, 0.15) is 17.6 Å². The molecule has 3 saturated heterocycles. The number of likely N-dealkylation sites (tertiary alicyclic amines) is 1. The van der Waals surface area contributed by atoms with Crippen LogP contribution in [0.5, 0.6) is 0 Å². The lowest BCUT2D eigenvalue weighted by molar-refractivity contribution is -0.161. The zero-order chi connectivity index (χ0) is 27.8. The highest BCUT2D eigenvalue weighted by Gasteiger charge is 2.79. The Hall–Kier alpha value is -2.19. The topological polar surface area (TPSA) is 96.4 Å². The Morgan fingerprint density at radius 2 is 1.89 bits per heavy atom. The van der Waals surface area contributed by atoms with Gasteiger partial charge in [-0.3, -0.25) is 14.4 Å². The SMILES string of the molecule is C=CCCOC(=O)[C@H]1[C@H]2C(=O)N(CCCCCCO)C(C(=O)N(CC=C)CCCCC)C23CC[C@]1(CC)O3. The van der Waals surface area contributed by atoms with Crippen LogP contribution in [0.1, 0.15) is 84.5 Å². The van der Waals surface area contributed by atoms with Crippen molar-refractivity contribution in [3.63, 3.8) is 0 Å². The molecule has 0 aliphatic carbocycles. The van der Waals surface area contributed by atoms with Crippen LogP contribution in [0.3, 0.4) is 0 Å². The van der Waals surface area contributed by atoms with E-state index in [2.05, 4.69) is 20.1 Å². The van der Waals surface area contributed by atoms with Crippen molar-refractivity contribution in [3.8, 4) is 0 Å². The lowest BCUT2D eigenvalue weighted by Crippen LogP contribution is -2.56. The van der Waals surface area contributed by atoms with Crippen LogP contribution < -0.4 is 0 Å². The maximum Gasteiger partial charge on any atom is 0.312 e. The second-order valence-electron chi connectivity index (χ2n) is 11.0. The average Bonchev–Trinajstić information content (AvgIpc) is 3.51. The van der Waals surface area contributed by atoms with Crippen molar-refractivity contribution < 1.29 is 29.0 Å². The summed E-state index contributed by atoms with van der Waals surface area (Å²) in [5.41, 5.74) is -1.82. The number of ether oxygens (including phenoxy) is 2. The second-order valence-corrected chi connectivity index (χ2v) is 11.0. The van der Waals surface area contributed by atoms with E-state index in [0.29, 0.717) is 51.7 Å². The molecule has 1 N–H and O–H groups in total. The number of aliphatic hydroxyl groups is 1. The minimum absolute atomic E-state index is 0.111. The van der Waals surface area contributed by atoms with Gasteiger partial charge >= 0.3 is 5.97 Å². The molecular weight excluding hydrogens is 484 g/mol. The number of aliphatic hydroxyl groups excluding tert-OH is 1. The minimum atomic E-state index is -1.03. The molecule has 214 valence electrons. The number of unbranched alkanes of at least 4 members (excludes halogenated alkanes) is 5. The number of nitrogens with zero attached hydrogens (tertiary/aromatic N) is 2. The quantitative estimate of drug-likeness (QED) is 0.163. The number of fused-ring (bicyclic) bond motifs is 1. The summed E-state index contributed by atoms with van der Waals surface area (Å²) in [4.78, 5) is 45.4. The van der Waals surface area contributed by atoms with Crippen molar-refractivity contribution in [2.75, 3.05) is 32.8 Å². The molecule has 8 heteroatoms. The highest BCUT2D eigenvalue weighted by Crippen LogP contribution is 2.64. The van der Waals surface area contributed by atoms with E-state index in [1.165, 1.54) is 0 Å². The first-order valence-corrected chi connectivity index (χ1v) is 14.7. The molecule has 0 radical (unpaired) electrons. The second kappa shape index (κ2) is 13.7. The van der Waals surface area contributed by atoms with Crippen LogP contribution in [-0.2, 0) is 23.9 Å². The molecule has 8 nitrogen and oxygen atoms in total. The van der Waals surface area contributed by atoms with Crippen molar-refractivity contribution >= 4 is 17.8 Å². The fourth-order valence-corrected chi connectivity index (χ4v) is 6.85. The normalized spacial score (nSPS) is 29.4. The Morgan fingerprint density at radius 1 is 1.13 bits per heavy atom. The van der Waals surface area contributed by atoms with Gasteiger partial charge in [-0.25, -0.2) is 0 Å². The summed E-state index contributed by atoms with van der Waals surface area (Å²) >= 11 is 0. The summed E-state index contributed by atoms with van der Waals surface area (Å²) < 4.78 is 12.4. The molecule has 3 rings (SSSR count). The molecule has 2 unspecified atom stereocenters. The molecule has 3 heterocycles. The van der Waals surface area contributed by atoms with E-state index < -0.39 is 35.0 Å². The Balaban J connectivity index is 1.96. The monoisotopic (exact) mass is 532 g/mol. The summed E-state index contributed by atoms with van der Waals surface area (Å²) in [5.74, 6) is -2.13. The molecule has 3 aliphatic rings. The van der Waals surface area contributed by atoms with Gasteiger partial charge in [-0.1, -0.05) is 51.7 Å². The van der Waals surface area contributed by atoms with Gasteiger partial charge in [-0.05, 0) is 44.9 Å². The maximum atomic E-state index is 14.3. The molecule has 3 aliphatic heterocycles. The first kappa shape index (κ1) is 30.4. The third-order valence-corrected chi connectivity index (χ3v) is 8.73. The first-order valence-electron chi connectivity index (χ1n) is 14.7. The van der Waals surface area contributed by atoms with Gasteiger partial charge in [0.05, 0.1) is 18.1 Å². The van der Waals surface area contributed by atoms with Gasteiger partial charge < -0.3 is 24.4 Å². The Kier molecular flexibility index (Phi) is 11.0. The van der Waals surface area contributed by atoms with Crippen molar-refractivity contribution in [2.24, 2.45) is 11.8 Å². The minimum Gasteiger partial charge on any atom is -0.465 e. The lowest BCUT2D eigenvalue weighted by Gasteiger charge is -2.37. The average molecular weight is 533 g/mol. The predicted octanol–water partition coefficient (Wildman–Crippen LogP) is 4.02. The molecule has 38 heavy (non-hydrogen) atoms. The summed E-state index contributed by atoms with van der Waals surface area (Å²) in [5, 5.41) is 9.13. The number of carbonyl (C=O) groups excluding carboxylic acids is 3. The molecule has 2 amide bonds. The standard InChI is InChI=1S/C30H48N2O6/c1-5-9-13-19-31(18-7-3)27(35)25-30-17-16-29(8-4,38-30)24(28(36)37-22-10-6-2)23(30)26(34)32(25)20-14-11-12-15-21-33/h6-7,23-25,33H,2-3,5,8-22H2,1,4H3/t23-,24+,25?,29-,30?/m0/s1. The summed E-state index contributed by atoms with van der Waals surface area (Å²) in [7, 11) is 0. The third kappa shape index (κ3) is 5.71. The number of rotatable bonds is 18. The fourth-order valence-electron chi connectivity index (χ4n) is 6.85. The molecule has 0 aromatic heterocycles. The highest BCUT2D eigenvalue weighted by atomic mass is 16.6. The third-order valence-electron chi connectivity index (χ3n) is 8.73. The number of hydrogen-bond donors (Lipinski definition) is 1. The lowest BCUT2D eigenvalue weighted by atomic mass is 9.65. The number of hydrogen-bond acceptors (Lipinski definition) is 6. The van der Waals surface area contributed by atoms with E-state index in [9.17, 15) is 14.4 Å². The molecule has 2 bridgehead atoms. The number of esters is 1. The van der Waals surface area contributed by atoms with E-state index in [1.54, 1.807) is 17.1 Å². The van der Waals surface area contributed by atoms with Gasteiger partial charge in [0, 0.05) is 26.2 Å². The van der Waals surface area contributed by atoms with Gasteiger partial charge in [0.2, 0.25) is 11.8 Å². The Labute approximate surface area is 228 Å². The first-order chi connectivity index (χ1) is 18.4. The Bertz CT molecular complexity index is 862. The van der Waals surface area contributed by atoms with Crippen molar-refractivity contribution in [1.29, 1.82) is 0 Å². The summed E-state index contributed by atoms with van der Waals surface area (Å²) in [6, 6.07) is -0.765. The summed E-state index contributed by atoms with van der Waals surface area (Å²) in [6.45, 7) is 13.5. The van der Waals surface area contributed by atoms with E-state index >= 15 is 0 Å². The molecule has 3 fully saturated rings. The molecular formula is C30H48N2O6. The molecule has 5 atom stereocenters. The predicted molar refractivity (Wildman–Crippen MR) is 146 cm³/mol. The zero-order valence-electron chi connectivity index (χ0n) is 23.5. The van der Waals surface area contributed by atoms with Crippen molar-refractivity contribution in [2.45, 2.75) is 102 Å². The summed E-state index contributed by atoms with van der Waals surface area (Å²) in [6.07, 6.45) is 11.8. The molecule has 0 aromatic carbocycles. The number of carbonyl (C=O) groups is 3. The molecule has 0 aromatic rings. The van der Waals surface area contributed by atoms with Crippen molar-refractivity contribution in [1.82, 2.24) is 9.80 Å². The smallest absolute Gasteiger partial charge is 0.312 e. The molecule has 1 spiro atoms. The van der Waals surface area contributed by atoms with Crippen LogP contribution in [0.2, 0.25) is 0 Å². The molecule has 0 saturated carbocycles. The van der Waals surface area contributed by atoms with Crippen molar-refractivity contribution in [3.05, 3.63) is 25.3 Å². The van der Waals surface area contributed by atoms with Crippen LogP contribution in [0, 0.1) is 11.8 Å². The van der Waals surface area contributed by atoms with Crippen LogP contribution >= 0.6 is 0 Å².